The fourth-order valence-electron chi connectivity index (χ4n) is 1.17. The standard InChI is InChI=1S/C13H23NO4/c1-6-18-11(16)8-7-10(15)9(2)14-12(17)13(3,4)5/h9H,6-8H2,1-5H3,(H,14,17)/t9-/m0/s1. The highest BCUT2D eigenvalue weighted by atomic mass is 16.5. The van der Waals surface area contributed by atoms with Crippen molar-refractivity contribution in [3.63, 3.8) is 0 Å². The summed E-state index contributed by atoms with van der Waals surface area (Å²) in [5.74, 6) is -0.736. The van der Waals surface area contributed by atoms with Crippen LogP contribution in [0.15, 0.2) is 0 Å². The first-order chi connectivity index (χ1) is 8.18. The zero-order chi connectivity index (χ0) is 14.3. The summed E-state index contributed by atoms with van der Waals surface area (Å²) in [5.41, 5.74) is -0.532. The highest BCUT2D eigenvalue weighted by Crippen LogP contribution is 2.13. The normalized spacial score (nSPS) is 12.7. The van der Waals surface area contributed by atoms with Crippen molar-refractivity contribution >= 4 is 17.7 Å². The molecule has 18 heavy (non-hydrogen) atoms. The second kappa shape index (κ2) is 7.13. The molecule has 0 aliphatic carbocycles. The molecular formula is C13H23NO4. The zero-order valence-electron chi connectivity index (χ0n) is 11.8. The van der Waals surface area contributed by atoms with Gasteiger partial charge in [-0.3, -0.25) is 14.4 Å². The summed E-state index contributed by atoms with van der Waals surface area (Å²) >= 11 is 0. The lowest BCUT2D eigenvalue weighted by atomic mass is 9.95. The number of rotatable bonds is 6. The van der Waals surface area contributed by atoms with Crippen LogP contribution < -0.4 is 5.32 Å². The van der Waals surface area contributed by atoms with Crippen LogP contribution in [-0.2, 0) is 19.1 Å². The second-order valence-corrected chi connectivity index (χ2v) is 5.22. The molecule has 1 atom stereocenters. The molecule has 0 saturated heterocycles. The molecule has 1 amide bonds. The molecule has 104 valence electrons. The van der Waals surface area contributed by atoms with Crippen LogP contribution in [0, 0.1) is 5.41 Å². The van der Waals surface area contributed by atoms with Crippen LogP contribution in [0.5, 0.6) is 0 Å². The summed E-state index contributed by atoms with van der Waals surface area (Å²) in [7, 11) is 0. The van der Waals surface area contributed by atoms with E-state index in [1.165, 1.54) is 0 Å². The van der Waals surface area contributed by atoms with Gasteiger partial charge in [-0.1, -0.05) is 20.8 Å². The number of carbonyl (C=O) groups excluding carboxylic acids is 3. The van der Waals surface area contributed by atoms with Gasteiger partial charge in [0.15, 0.2) is 5.78 Å². The molecule has 0 heterocycles. The fraction of sp³-hybridized carbons (Fsp3) is 0.769. The monoisotopic (exact) mass is 257 g/mol. The number of amides is 1. The topological polar surface area (TPSA) is 72.5 Å². The Hall–Kier alpha value is -1.39. The molecule has 0 aliphatic heterocycles. The van der Waals surface area contributed by atoms with Gasteiger partial charge in [0, 0.05) is 11.8 Å². The van der Waals surface area contributed by atoms with Crippen LogP contribution in [0.2, 0.25) is 0 Å². The largest absolute Gasteiger partial charge is 0.466 e. The third-order valence-corrected chi connectivity index (χ3v) is 2.39. The first-order valence-electron chi connectivity index (χ1n) is 6.17. The molecule has 0 spiro atoms. The summed E-state index contributed by atoms with van der Waals surface area (Å²) in [6.45, 7) is 8.97. The van der Waals surface area contributed by atoms with Crippen LogP contribution in [-0.4, -0.2) is 30.3 Å². The van der Waals surface area contributed by atoms with Crippen LogP contribution in [0.1, 0.15) is 47.5 Å². The van der Waals surface area contributed by atoms with Crippen molar-refractivity contribution in [3.8, 4) is 0 Å². The lowest BCUT2D eigenvalue weighted by molar-refractivity contribution is -0.144. The summed E-state index contributed by atoms with van der Waals surface area (Å²) in [4.78, 5) is 34.4. The van der Waals surface area contributed by atoms with Crippen LogP contribution in [0.4, 0.5) is 0 Å². The van der Waals surface area contributed by atoms with Gasteiger partial charge < -0.3 is 10.1 Å². The molecule has 0 aromatic rings. The lowest BCUT2D eigenvalue weighted by Crippen LogP contribution is -2.44. The first kappa shape index (κ1) is 16.6. The Morgan fingerprint density at radius 2 is 1.72 bits per heavy atom. The molecule has 5 heteroatoms. The SMILES string of the molecule is CCOC(=O)CCC(=O)[C@H](C)NC(=O)C(C)(C)C. The van der Waals surface area contributed by atoms with Gasteiger partial charge >= 0.3 is 5.97 Å². The Kier molecular flexibility index (Phi) is 6.58. The second-order valence-electron chi connectivity index (χ2n) is 5.22. The average molecular weight is 257 g/mol. The van der Waals surface area contributed by atoms with Gasteiger partial charge in [0.2, 0.25) is 5.91 Å². The molecule has 0 fully saturated rings. The number of ketones is 1. The Balaban J connectivity index is 4.12. The number of carbonyl (C=O) groups is 3. The maximum Gasteiger partial charge on any atom is 0.306 e. The van der Waals surface area contributed by atoms with Crippen LogP contribution >= 0.6 is 0 Å². The van der Waals surface area contributed by atoms with Crippen molar-refractivity contribution in [2.24, 2.45) is 5.41 Å². The minimum absolute atomic E-state index is 0.0579. The molecule has 0 radical (unpaired) electrons. The van der Waals surface area contributed by atoms with Crippen molar-refractivity contribution in [2.45, 2.75) is 53.5 Å². The van der Waals surface area contributed by atoms with Gasteiger partial charge in [0.25, 0.3) is 0 Å². The van der Waals surface area contributed by atoms with Crippen LogP contribution in [0.25, 0.3) is 0 Å². The summed E-state index contributed by atoms with van der Waals surface area (Å²) in [5, 5.41) is 2.63. The van der Waals surface area contributed by atoms with Crippen molar-refractivity contribution in [2.75, 3.05) is 6.61 Å². The molecule has 0 aliphatic rings. The Morgan fingerprint density at radius 3 is 2.17 bits per heavy atom. The summed E-state index contributed by atoms with van der Waals surface area (Å²) < 4.78 is 4.73. The van der Waals surface area contributed by atoms with Gasteiger partial charge in [-0.2, -0.15) is 0 Å². The minimum atomic E-state index is -0.578. The fourth-order valence-corrected chi connectivity index (χ4v) is 1.17. The van der Waals surface area contributed by atoms with E-state index >= 15 is 0 Å². The molecule has 0 bridgehead atoms. The Bertz CT molecular complexity index is 317. The lowest BCUT2D eigenvalue weighted by Gasteiger charge is -2.21. The van der Waals surface area contributed by atoms with Gasteiger partial charge in [-0.15, -0.1) is 0 Å². The number of Topliss-reactive ketones (excluding diaryl/α,β-unsaturated/α-hetero) is 1. The molecule has 0 unspecified atom stereocenters. The summed E-state index contributed by atoms with van der Waals surface area (Å²) in [6, 6.07) is -0.578. The van der Waals surface area contributed by atoms with Gasteiger partial charge in [-0.25, -0.2) is 0 Å². The van der Waals surface area contributed by atoms with E-state index < -0.39 is 11.5 Å². The molecule has 0 aromatic carbocycles. The number of esters is 1. The van der Waals surface area contributed by atoms with E-state index in [1.54, 1.807) is 34.6 Å². The molecular weight excluding hydrogens is 234 g/mol. The van der Waals surface area contributed by atoms with Gasteiger partial charge in [0.1, 0.15) is 0 Å². The molecule has 0 aromatic heterocycles. The van der Waals surface area contributed by atoms with E-state index in [-0.39, 0.29) is 30.5 Å². The van der Waals surface area contributed by atoms with E-state index in [1.807, 2.05) is 0 Å². The maximum absolute atomic E-state index is 11.7. The highest BCUT2D eigenvalue weighted by molar-refractivity contribution is 5.91. The van der Waals surface area contributed by atoms with Gasteiger partial charge in [0.05, 0.1) is 19.1 Å². The molecule has 5 nitrogen and oxygen atoms in total. The predicted molar refractivity (Wildman–Crippen MR) is 67.9 cm³/mol. The summed E-state index contributed by atoms with van der Waals surface area (Å²) in [6.07, 6.45) is 0.146. The van der Waals surface area contributed by atoms with E-state index in [4.69, 9.17) is 4.74 Å². The van der Waals surface area contributed by atoms with Gasteiger partial charge in [-0.05, 0) is 13.8 Å². The van der Waals surface area contributed by atoms with E-state index in [9.17, 15) is 14.4 Å². The van der Waals surface area contributed by atoms with Crippen molar-refractivity contribution in [3.05, 3.63) is 0 Å². The highest BCUT2D eigenvalue weighted by Gasteiger charge is 2.25. The van der Waals surface area contributed by atoms with Crippen molar-refractivity contribution in [1.82, 2.24) is 5.32 Å². The van der Waals surface area contributed by atoms with Crippen molar-refractivity contribution < 1.29 is 19.1 Å². The number of ether oxygens (including phenoxy) is 1. The molecule has 0 rings (SSSR count). The average Bonchev–Trinajstić information content (AvgIpc) is 2.24. The van der Waals surface area contributed by atoms with E-state index in [0.717, 1.165) is 0 Å². The Labute approximate surface area is 108 Å². The van der Waals surface area contributed by atoms with E-state index in [2.05, 4.69) is 5.32 Å². The number of hydrogen-bond donors (Lipinski definition) is 1. The molecule has 1 N–H and O–H groups in total. The smallest absolute Gasteiger partial charge is 0.306 e. The van der Waals surface area contributed by atoms with E-state index in [0.29, 0.717) is 6.61 Å². The minimum Gasteiger partial charge on any atom is -0.466 e. The third kappa shape index (κ3) is 6.37. The zero-order valence-corrected chi connectivity index (χ0v) is 11.8. The first-order valence-corrected chi connectivity index (χ1v) is 6.17. The quantitative estimate of drug-likeness (QED) is 0.731. The van der Waals surface area contributed by atoms with Crippen LogP contribution in [0.3, 0.4) is 0 Å². The third-order valence-electron chi connectivity index (χ3n) is 2.39. The maximum atomic E-state index is 11.7. The Morgan fingerprint density at radius 1 is 1.17 bits per heavy atom. The number of nitrogens with one attached hydrogen (secondary N) is 1. The number of hydrogen-bond acceptors (Lipinski definition) is 4. The van der Waals surface area contributed by atoms with Crippen molar-refractivity contribution in [1.29, 1.82) is 0 Å². The predicted octanol–water partition coefficient (Wildman–Crippen LogP) is 1.45. The molecule has 0 saturated carbocycles.